The van der Waals surface area contributed by atoms with Crippen LogP contribution in [0, 0.1) is 13.8 Å². The number of aromatic nitrogens is 3. The molecule has 0 fully saturated rings. The minimum atomic E-state index is -4.15. The molecule has 0 saturated heterocycles. The van der Waals surface area contributed by atoms with Gasteiger partial charge in [0, 0.05) is 38.8 Å². The van der Waals surface area contributed by atoms with Crippen LogP contribution in [0.3, 0.4) is 0 Å². The average molecular weight is 802 g/mol. The number of ether oxygens (including phenoxy) is 2. The molecule has 278 valence electrons. The van der Waals surface area contributed by atoms with Gasteiger partial charge < -0.3 is 14.0 Å². The summed E-state index contributed by atoms with van der Waals surface area (Å²) in [5.74, 6) is 1.64. The molecule has 0 unspecified atom stereocenters. The third-order valence-corrected chi connectivity index (χ3v) is 12.3. The average Bonchev–Trinajstić information content (AvgIpc) is 3.77. The van der Waals surface area contributed by atoms with Crippen molar-refractivity contribution in [3.05, 3.63) is 121 Å². The molecule has 3 N–H and O–H groups in total. The number of H-pyrrole nitrogens is 1. The number of aryl methyl sites for hydroxylation is 2. The molecule has 0 aliphatic heterocycles. The van der Waals surface area contributed by atoms with Crippen molar-refractivity contribution in [3.63, 3.8) is 0 Å². The number of nitrogens with zero attached hydrogens (tertiary/aromatic N) is 2. The highest BCUT2D eigenvalue weighted by atomic mass is 33.1. The van der Waals surface area contributed by atoms with E-state index < -0.39 is 22.2 Å². The highest BCUT2D eigenvalue weighted by molar-refractivity contribution is 8.76. The van der Waals surface area contributed by atoms with E-state index in [-0.39, 0.29) is 18.1 Å². The van der Waals surface area contributed by atoms with Crippen LogP contribution in [0.1, 0.15) is 11.5 Å². The quantitative estimate of drug-likeness (QED) is 0.0514. The lowest BCUT2D eigenvalue weighted by Gasteiger charge is -2.09. The number of amides is 2. The fourth-order valence-electron chi connectivity index (χ4n) is 5.37. The summed E-state index contributed by atoms with van der Waals surface area (Å²) in [7, 11) is -1.33. The Labute approximate surface area is 324 Å². The van der Waals surface area contributed by atoms with Gasteiger partial charge in [-0.05, 0) is 61.2 Å². The Morgan fingerprint density at radius 2 is 1.26 bits per heavy atom. The lowest BCUT2D eigenvalue weighted by Crippen LogP contribution is -2.31. The Balaban J connectivity index is 0.852. The standard InChI is InChI=1S/C38H35N5O7S4/c1-25-33(27-9-5-3-6-10-27)35(40-39-25)29-15-19-32(20-16-29)54(46,47)43-38(45)49-22-24-52-51-23-21-48-37(44)42-53-31-17-13-30(14-18-31)36-34(26(2)50-41-36)28-11-7-4-8-12-28/h3-20H,21-24H2,1-2H3,(H,39,40)(H,42,44)(H,43,45). The second-order valence-corrected chi connectivity index (χ2v) is 16.8. The number of aromatic amines is 1. The van der Waals surface area contributed by atoms with E-state index in [0.717, 1.165) is 67.4 Å². The third kappa shape index (κ3) is 9.87. The van der Waals surface area contributed by atoms with Gasteiger partial charge in [-0.3, -0.25) is 9.82 Å². The number of rotatable bonds is 15. The van der Waals surface area contributed by atoms with E-state index in [1.54, 1.807) is 12.1 Å². The van der Waals surface area contributed by atoms with E-state index in [1.165, 1.54) is 33.7 Å². The molecule has 0 atom stereocenters. The zero-order chi connectivity index (χ0) is 37.9. The fourth-order valence-corrected chi connectivity index (χ4v) is 8.44. The van der Waals surface area contributed by atoms with Crippen LogP contribution in [0.15, 0.2) is 124 Å². The molecule has 0 saturated carbocycles. The molecular formula is C38H35N5O7S4. The first-order valence-corrected chi connectivity index (χ1v) is 21.3. The van der Waals surface area contributed by atoms with Crippen LogP contribution in [0.2, 0.25) is 0 Å². The van der Waals surface area contributed by atoms with Crippen molar-refractivity contribution in [2.24, 2.45) is 0 Å². The van der Waals surface area contributed by atoms with Gasteiger partial charge in [0.2, 0.25) is 0 Å². The SMILES string of the molecule is Cc1[nH]nc(-c2ccc(S(=O)(=O)NC(=O)OCCSSCCOC(=O)NSc3ccc(-c4noc(C)c4-c4ccccc4)cc3)cc2)c1-c1ccccc1. The molecule has 16 heteroatoms. The van der Waals surface area contributed by atoms with E-state index in [2.05, 4.69) is 20.1 Å². The third-order valence-electron chi connectivity index (χ3n) is 7.85. The second kappa shape index (κ2) is 18.2. The minimum Gasteiger partial charge on any atom is -0.448 e. The van der Waals surface area contributed by atoms with E-state index in [1.807, 2.05) is 103 Å². The monoisotopic (exact) mass is 801 g/mol. The topological polar surface area (TPSA) is 166 Å². The van der Waals surface area contributed by atoms with Gasteiger partial charge in [-0.25, -0.2) is 22.7 Å². The van der Waals surface area contributed by atoms with Crippen LogP contribution in [0.5, 0.6) is 0 Å². The highest BCUT2D eigenvalue weighted by Crippen LogP contribution is 2.35. The molecule has 54 heavy (non-hydrogen) atoms. The van der Waals surface area contributed by atoms with Crippen molar-refractivity contribution in [2.45, 2.75) is 23.6 Å². The number of hydrogen-bond donors (Lipinski definition) is 3. The fraction of sp³-hybridized carbons (Fsp3) is 0.158. The summed E-state index contributed by atoms with van der Waals surface area (Å²) in [4.78, 5) is 25.1. The first kappa shape index (κ1) is 38.6. The van der Waals surface area contributed by atoms with Crippen molar-refractivity contribution in [2.75, 3.05) is 24.7 Å². The maximum Gasteiger partial charge on any atom is 0.421 e. The number of carbonyl (C=O) groups is 2. The largest absolute Gasteiger partial charge is 0.448 e. The molecule has 0 aliphatic rings. The Morgan fingerprint density at radius 3 is 1.89 bits per heavy atom. The molecule has 6 rings (SSSR count). The predicted molar refractivity (Wildman–Crippen MR) is 213 cm³/mol. The van der Waals surface area contributed by atoms with Crippen molar-refractivity contribution in [3.8, 4) is 44.8 Å². The van der Waals surface area contributed by atoms with Crippen molar-refractivity contribution < 1.29 is 32.0 Å². The van der Waals surface area contributed by atoms with E-state index in [9.17, 15) is 18.0 Å². The zero-order valence-electron chi connectivity index (χ0n) is 29.1. The molecule has 12 nitrogen and oxygen atoms in total. The van der Waals surface area contributed by atoms with Gasteiger partial charge >= 0.3 is 12.2 Å². The number of nitrogens with one attached hydrogen (secondary N) is 3. The van der Waals surface area contributed by atoms with Crippen LogP contribution < -0.4 is 9.44 Å². The molecule has 0 aliphatic carbocycles. The zero-order valence-corrected chi connectivity index (χ0v) is 32.4. The van der Waals surface area contributed by atoms with Crippen LogP contribution >= 0.6 is 33.5 Å². The van der Waals surface area contributed by atoms with Gasteiger partial charge in [-0.15, -0.1) is 0 Å². The number of benzene rings is 4. The van der Waals surface area contributed by atoms with Crippen LogP contribution in [-0.2, 0) is 19.5 Å². The summed E-state index contributed by atoms with van der Waals surface area (Å²) >= 11 is 1.14. The molecule has 6 aromatic rings. The molecule has 0 bridgehead atoms. The maximum atomic E-state index is 12.8. The van der Waals surface area contributed by atoms with Gasteiger partial charge in [0.05, 0.1) is 10.5 Å². The Bertz CT molecular complexity index is 2280. The van der Waals surface area contributed by atoms with Gasteiger partial charge in [0.1, 0.15) is 30.4 Å². The van der Waals surface area contributed by atoms with Gasteiger partial charge in [0.15, 0.2) is 0 Å². The molecule has 2 amide bonds. The van der Waals surface area contributed by atoms with E-state index in [0.29, 0.717) is 17.2 Å². The lowest BCUT2D eigenvalue weighted by molar-refractivity contribution is 0.159. The second-order valence-electron chi connectivity index (χ2n) is 11.5. The van der Waals surface area contributed by atoms with Crippen molar-refractivity contribution >= 4 is 55.7 Å². The van der Waals surface area contributed by atoms with Crippen LogP contribution in [-0.4, -0.2) is 60.7 Å². The minimum absolute atomic E-state index is 0.0145. The smallest absolute Gasteiger partial charge is 0.421 e. The van der Waals surface area contributed by atoms with Gasteiger partial charge in [0.25, 0.3) is 10.0 Å². The Hall–Kier alpha value is -5.16. The normalized spacial score (nSPS) is 11.2. The van der Waals surface area contributed by atoms with Crippen molar-refractivity contribution in [1.29, 1.82) is 0 Å². The molecule has 2 heterocycles. The molecular weight excluding hydrogens is 767 g/mol. The summed E-state index contributed by atoms with van der Waals surface area (Å²) < 4.78 is 46.0. The summed E-state index contributed by atoms with van der Waals surface area (Å²) in [5, 5.41) is 11.7. The van der Waals surface area contributed by atoms with Gasteiger partial charge in [-0.2, -0.15) is 5.10 Å². The number of carbonyl (C=O) groups excluding carboxylic acids is 2. The summed E-state index contributed by atoms with van der Waals surface area (Å²) in [5.41, 5.74) is 7.81. The van der Waals surface area contributed by atoms with Crippen LogP contribution in [0.4, 0.5) is 9.59 Å². The molecule has 0 spiro atoms. The lowest BCUT2D eigenvalue weighted by atomic mass is 9.99. The maximum absolute atomic E-state index is 12.8. The van der Waals surface area contributed by atoms with Crippen molar-refractivity contribution in [1.82, 2.24) is 24.8 Å². The van der Waals surface area contributed by atoms with Gasteiger partial charge in [-0.1, -0.05) is 112 Å². The Kier molecular flexibility index (Phi) is 13.0. The predicted octanol–water partition coefficient (Wildman–Crippen LogP) is 8.91. The number of sulfonamides is 1. The first-order chi connectivity index (χ1) is 26.2. The summed E-state index contributed by atoms with van der Waals surface area (Å²) in [6.45, 7) is 3.96. The van der Waals surface area contributed by atoms with E-state index in [4.69, 9.17) is 14.0 Å². The summed E-state index contributed by atoms with van der Waals surface area (Å²) in [6, 6.07) is 33.4. The van der Waals surface area contributed by atoms with E-state index >= 15 is 0 Å². The Morgan fingerprint density at radius 1 is 0.704 bits per heavy atom. The molecule has 2 aromatic heterocycles. The number of hydrogen-bond acceptors (Lipinski definition) is 12. The van der Waals surface area contributed by atoms with Crippen LogP contribution in [0.25, 0.3) is 44.8 Å². The molecule has 0 radical (unpaired) electrons. The highest BCUT2D eigenvalue weighted by Gasteiger charge is 2.21. The molecule has 4 aromatic carbocycles. The first-order valence-electron chi connectivity index (χ1n) is 16.6. The summed E-state index contributed by atoms with van der Waals surface area (Å²) in [6.07, 6.45) is -1.64.